The van der Waals surface area contributed by atoms with Crippen LogP contribution in [0.5, 0.6) is 0 Å². The first-order chi connectivity index (χ1) is 9.76. The van der Waals surface area contributed by atoms with E-state index in [0.717, 1.165) is 55.9 Å². The van der Waals surface area contributed by atoms with Crippen LogP contribution >= 0.6 is 11.5 Å². The van der Waals surface area contributed by atoms with Crippen LogP contribution in [-0.4, -0.2) is 46.1 Å². The van der Waals surface area contributed by atoms with Gasteiger partial charge < -0.3 is 10.2 Å². The third-order valence-electron chi connectivity index (χ3n) is 3.76. The van der Waals surface area contributed by atoms with Crippen molar-refractivity contribution < 1.29 is 4.79 Å². The van der Waals surface area contributed by atoms with E-state index in [4.69, 9.17) is 0 Å². The molecule has 0 spiro atoms. The van der Waals surface area contributed by atoms with Gasteiger partial charge >= 0.3 is 0 Å². The number of unbranched alkanes of at least 4 members (excludes halogenated alkanes) is 1. The molecule has 20 heavy (non-hydrogen) atoms. The van der Waals surface area contributed by atoms with Gasteiger partial charge in [0, 0.05) is 19.1 Å². The summed E-state index contributed by atoms with van der Waals surface area (Å²) in [5.41, 5.74) is 0.834. The van der Waals surface area contributed by atoms with Gasteiger partial charge in [0.05, 0.1) is 5.69 Å². The number of nitrogens with one attached hydrogen (secondary N) is 1. The molecular weight excluding hydrogens is 272 g/mol. The molecule has 1 amide bonds. The van der Waals surface area contributed by atoms with Gasteiger partial charge in [0.15, 0.2) is 0 Å². The molecule has 6 heteroatoms. The maximum atomic E-state index is 12.7. The van der Waals surface area contributed by atoms with E-state index in [1.165, 1.54) is 18.0 Å². The third-order valence-corrected chi connectivity index (χ3v) is 4.51. The highest BCUT2D eigenvalue weighted by molar-refractivity contribution is 7.08. The minimum absolute atomic E-state index is 0.110. The van der Waals surface area contributed by atoms with Gasteiger partial charge in [-0.05, 0) is 43.8 Å². The van der Waals surface area contributed by atoms with Crippen molar-refractivity contribution in [1.29, 1.82) is 0 Å². The zero-order chi connectivity index (χ0) is 14.4. The third kappa shape index (κ3) is 3.76. The van der Waals surface area contributed by atoms with E-state index in [-0.39, 0.29) is 5.91 Å². The summed E-state index contributed by atoms with van der Waals surface area (Å²) in [6.07, 6.45) is 5.29. The van der Waals surface area contributed by atoms with Gasteiger partial charge in [-0.3, -0.25) is 4.79 Å². The molecule has 0 bridgehead atoms. The van der Waals surface area contributed by atoms with Crippen molar-refractivity contribution in [2.75, 3.05) is 19.6 Å². The van der Waals surface area contributed by atoms with Crippen molar-refractivity contribution in [2.45, 2.75) is 52.0 Å². The molecule has 5 nitrogen and oxygen atoms in total. The molecule has 1 aliphatic rings. The highest BCUT2D eigenvalue weighted by atomic mass is 32.1. The van der Waals surface area contributed by atoms with Crippen molar-refractivity contribution in [1.82, 2.24) is 19.8 Å². The fraction of sp³-hybridized carbons (Fsp3) is 0.786. The van der Waals surface area contributed by atoms with Crippen LogP contribution in [0.4, 0.5) is 0 Å². The Balaban J connectivity index is 2.06. The maximum absolute atomic E-state index is 12.7. The molecule has 1 fully saturated rings. The second kappa shape index (κ2) is 7.69. The smallest absolute Gasteiger partial charge is 0.267 e. The molecule has 1 aliphatic heterocycles. The topological polar surface area (TPSA) is 58.1 Å². The van der Waals surface area contributed by atoms with Crippen molar-refractivity contribution in [2.24, 2.45) is 0 Å². The number of nitrogens with zero attached hydrogens (tertiary/aromatic N) is 3. The molecule has 1 aromatic heterocycles. The predicted molar refractivity (Wildman–Crippen MR) is 81.1 cm³/mol. The van der Waals surface area contributed by atoms with E-state index in [1.54, 1.807) is 0 Å². The molecular formula is C14H24N4OS. The molecule has 1 unspecified atom stereocenters. The Morgan fingerprint density at radius 1 is 1.50 bits per heavy atom. The minimum Gasteiger partial charge on any atom is -0.336 e. The van der Waals surface area contributed by atoms with Crippen LogP contribution in [0.15, 0.2) is 0 Å². The summed E-state index contributed by atoms with van der Waals surface area (Å²) in [4.78, 5) is 15.4. The van der Waals surface area contributed by atoms with E-state index in [9.17, 15) is 4.79 Å². The van der Waals surface area contributed by atoms with Gasteiger partial charge in [0.1, 0.15) is 4.88 Å². The molecule has 112 valence electrons. The Bertz CT molecular complexity index is 429. The Morgan fingerprint density at radius 2 is 2.35 bits per heavy atom. The Kier molecular flexibility index (Phi) is 5.91. The van der Waals surface area contributed by atoms with E-state index in [2.05, 4.69) is 21.8 Å². The van der Waals surface area contributed by atoms with Gasteiger partial charge in [-0.2, -0.15) is 0 Å². The zero-order valence-electron chi connectivity index (χ0n) is 12.4. The predicted octanol–water partition coefficient (Wildman–Crippen LogP) is 2.09. The van der Waals surface area contributed by atoms with Crippen molar-refractivity contribution in [3.63, 3.8) is 0 Å². The van der Waals surface area contributed by atoms with Gasteiger partial charge in [0.25, 0.3) is 5.91 Å². The average Bonchev–Trinajstić information content (AvgIpc) is 3.13. The molecule has 1 N–H and O–H groups in total. The first-order valence-corrected chi connectivity index (χ1v) is 8.37. The van der Waals surface area contributed by atoms with Gasteiger partial charge in [0.2, 0.25) is 0 Å². The molecule has 1 saturated heterocycles. The normalized spacial score (nSPS) is 18.4. The van der Waals surface area contributed by atoms with Gasteiger partial charge in [-0.1, -0.05) is 24.8 Å². The fourth-order valence-electron chi connectivity index (χ4n) is 2.55. The number of hydrogen-bond donors (Lipinski definition) is 1. The second-order valence-corrected chi connectivity index (χ2v) is 6.05. The van der Waals surface area contributed by atoms with Crippen LogP contribution < -0.4 is 5.32 Å². The monoisotopic (exact) mass is 296 g/mol. The van der Waals surface area contributed by atoms with Crippen LogP contribution in [0.25, 0.3) is 0 Å². The second-order valence-electron chi connectivity index (χ2n) is 5.30. The first-order valence-electron chi connectivity index (χ1n) is 7.60. The highest BCUT2D eigenvalue weighted by Gasteiger charge is 2.25. The molecule has 2 heterocycles. The molecule has 0 aliphatic carbocycles. The summed E-state index contributed by atoms with van der Waals surface area (Å²) in [6, 6.07) is 0.446. The van der Waals surface area contributed by atoms with Crippen molar-refractivity contribution in [3.8, 4) is 0 Å². The number of carbonyl (C=O) groups is 1. The van der Waals surface area contributed by atoms with E-state index >= 15 is 0 Å². The van der Waals surface area contributed by atoms with E-state index in [1.807, 2.05) is 11.8 Å². The summed E-state index contributed by atoms with van der Waals surface area (Å²) in [5.74, 6) is 0.110. The minimum atomic E-state index is 0.110. The van der Waals surface area contributed by atoms with Crippen LogP contribution in [0, 0.1) is 0 Å². The summed E-state index contributed by atoms with van der Waals surface area (Å²) in [7, 11) is 0. The van der Waals surface area contributed by atoms with E-state index < -0.39 is 0 Å². The van der Waals surface area contributed by atoms with Crippen molar-refractivity contribution >= 4 is 17.4 Å². The summed E-state index contributed by atoms with van der Waals surface area (Å²) < 4.78 is 3.94. The number of hydrogen-bond acceptors (Lipinski definition) is 5. The zero-order valence-corrected chi connectivity index (χ0v) is 13.2. The number of aromatic nitrogens is 2. The lowest BCUT2D eigenvalue weighted by Gasteiger charge is -2.25. The van der Waals surface area contributed by atoms with E-state index in [0.29, 0.717) is 6.04 Å². The van der Waals surface area contributed by atoms with Crippen LogP contribution in [-0.2, 0) is 6.42 Å². The van der Waals surface area contributed by atoms with Crippen molar-refractivity contribution in [3.05, 3.63) is 10.6 Å². The number of carbonyl (C=O) groups excluding carboxylic acids is 1. The lowest BCUT2D eigenvalue weighted by molar-refractivity contribution is 0.0743. The Labute approximate surface area is 124 Å². The molecule has 1 atom stereocenters. The van der Waals surface area contributed by atoms with Crippen LogP contribution in [0.3, 0.4) is 0 Å². The summed E-state index contributed by atoms with van der Waals surface area (Å²) in [6.45, 7) is 6.88. The molecule has 2 rings (SSSR count). The number of rotatable bonds is 7. The standard InChI is InChI=1S/C14H24N4OS/c1-3-5-9-18(10-11-7-6-8-15-11)14(19)13-12(4-2)16-17-20-13/h11,15H,3-10H2,1-2H3. The quantitative estimate of drug-likeness (QED) is 0.837. The van der Waals surface area contributed by atoms with Crippen LogP contribution in [0.1, 0.15) is 54.9 Å². The first kappa shape index (κ1) is 15.4. The largest absolute Gasteiger partial charge is 0.336 e. The highest BCUT2D eigenvalue weighted by Crippen LogP contribution is 2.16. The Morgan fingerprint density at radius 3 is 3.00 bits per heavy atom. The molecule has 0 aromatic carbocycles. The molecule has 0 saturated carbocycles. The lowest BCUT2D eigenvalue weighted by atomic mass is 10.2. The summed E-state index contributed by atoms with van der Waals surface area (Å²) >= 11 is 1.23. The Hall–Kier alpha value is -1.01. The number of amides is 1. The van der Waals surface area contributed by atoms with Gasteiger partial charge in [-0.25, -0.2) is 0 Å². The summed E-state index contributed by atoms with van der Waals surface area (Å²) in [5, 5.41) is 7.53. The average molecular weight is 296 g/mol. The van der Waals surface area contributed by atoms with Gasteiger partial charge in [-0.15, -0.1) is 5.10 Å². The SMILES string of the molecule is CCCCN(CC1CCCN1)C(=O)c1snnc1CC. The lowest BCUT2D eigenvalue weighted by Crippen LogP contribution is -2.41. The van der Waals surface area contributed by atoms with Crippen LogP contribution in [0.2, 0.25) is 0 Å². The number of aryl methyl sites for hydroxylation is 1. The fourth-order valence-corrected chi connectivity index (χ4v) is 3.27. The molecule has 1 aromatic rings. The molecule has 0 radical (unpaired) electrons. The maximum Gasteiger partial charge on any atom is 0.267 e.